The molecule has 0 radical (unpaired) electrons. The smallest absolute Gasteiger partial charge is 0.346 e. The first-order valence-electron chi connectivity index (χ1n) is 18.4. The summed E-state index contributed by atoms with van der Waals surface area (Å²) in [6, 6.07) is 19.7. The van der Waals surface area contributed by atoms with Gasteiger partial charge in [-0.05, 0) is 34.9 Å². The number of carbonyl (C=O) groups excluding carboxylic acids is 3. The van der Waals surface area contributed by atoms with Crippen molar-refractivity contribution in [3.63, 3.8) is 0 Å². The Hall–Kier alpha value is -4.09. The molecule has 14 nitrogen and oxygen atoms in total. The summed E-state index contributed by atoms with van der Waals surface area (Å²) in [5.41, 5.74) is 3.97. The summed E-state index contributed by atoms with van der Waals surface area (Å²) in [5.74, 6) is -1.86. The fourth-order valence-electron chi connectivity index (χ4n) is 6.29. The maximum atomic E-state index is 12.9. The molecule has 14 heteroatoms. The van der Waals surface area contributed by atoms with Crippen LogP contribution in [-0.2, 0) is 51.0 Å². The summed E-state index contributed by atoms with van der Waals surface area (Å²) in [6.45, 7) is 7.22. The van der Waals surface area contributed by atoms with Gasteiger partial charge in [0.05, 0.1) is 96.0 Å². The molecular formula is C40H48N2O12. The summed E-state index contributed by atoms with van der Waals surface area (Å²) in [6.07, 6.45) is -0.480. The van der Waals surface area contributed by atoms with E-state index in [4.69, 9.17) is 33.2 Å². The van der Waals surface area contributed by atoms with Gasteiger partial charge in [-0.1, -0.05) is 48.5 Å². The second kappa shape index (κ2) is 20.6. The highest BCUT2D eigenvalue weighted by Crippen LogP contribution is 2.38. The molecule has 3 aromatic rings. The van der Waals surface area contributed by atoms with Gasteiger partial charge >= 0.3 is 11.9 Å². The van der Waals surface area contributed by atoms with Gasteiger partial charge in [0.15, 0.2) is 6.29 Å². The van der Waals surface area contributed by atoms with Crippen LogP contribution in [0, 0.1) is 0 Å². The van der Waals surface area contributed by atoms with Crippen LogP contribution in [0.25, 0.3) is 0 Å². The number of carbonyl (C=O) groups is 3. The van der Waals surface area contributed by atoms with Crippen LogP contribution < -0.4 is 5.32 Å². The zero-order valence-corrected chi connectivity index (χ0v) is 30.3. The summed E-state index contributed by atoms with van der Waals surface area (Å²) >= 11 is 0. The summed E-state index contributed by atoms with van der Waals surface area (Å²) in [5, 5.41) is 12.5. The number of fused-ring (bicyclic) bond motifs is 1. The molecule has 2 fully saturated rings. The fourth-order valence-corrected chi connectivity index (χ4v) is 6.29. The first-order chi connectivity index (χ1) is 26.5. The van der Waals surface area contributed by atoms with Gasteiger partial charge in [0.25, 0.3) is 5.91 Å². The van der Waals surface area contributed by atoms with Crippen molar-refractivity contribution in [3.05, 3.63) is 106 Å². The van der Waals surface area contributed by atoms with Gasteiger partial charge in [0.2, 0.25) is 0 Å². The fraction of sp³-hybridized carbons (Fsp3) is 0.475. The Bertz CT molecular complexity index is 1650. The molecule has 3 unspecified atom stereocenters. The van der Waals surface area contributed by atoms with Crippen LogP contribution in [0.15, 0.2) is 66.7 Å². The average molecular weight is 749 g/mol. The van der Waals surface area contributed by atoms with Crippen LogP contribution in [0.2, 0.25) is 0 Å². The molecule has 3 atom stereocenters. The highest BCUT2D eigenvalue weighted by atomic mass is 16.7. The lowest BCUT2D eigenvalue weighted by Crippen LogP contribution is -2.42. The predicted octanol–water partition coefficient (Wildman–Crippen LogP) is 3.36. The zero-order valence-electron chi connectivity index (χ0n) is 30.3. The van der Waals surface area contributed by atoms with Gasteiger partial charge in [0.1, 0.15) is 0 Å². The van der Waals surface area contributed by atoms with Crippen molar-refractivity contribution in [3.8, 4) is 0 Å². The van der Waals surface area contributed by atoms with Crippen LogP contribution in [0.5, 0.6) is 0 Å². The number of amides is 1. The molecule has 0 saturated carbocycles. The van der Waals surface area contributed by atoms with Crippen LogP contribution in [0.4, 0.5) is 0 Å². The molecule has 54 heavy (non-hydrogen) atoms. The Morgan fingerprint density at radius 2 is 1.22 bits per heavy atom. The molecule has 3 aromatic carbocycles. The van der Waals surface area contributed by atoms with Crippen LogP contribution in [-0.4, -0.2) is 120 Å². The lowest BCUT2D eigenvalue weighted by Gasteiger charge is -2.38. The molecule has 2 saturated heterocycles. The molecule has 3 heterocycles. The number of aliphatic hydroxyl groups is 1. The van der Waals surface area contributed by atoms with Crippen molar-refractivity contribution >= 4 is 17.8 Å². The van der Waals surface area contributed by atoms with E-state index in [1.165, 1.54) is 18.2 Å². The first-order valence-corrected chi connectivity index (χ1v) is 18.4. The largest absolute Gasteiger partial charge is 0.392 e. The number of nitrogens with one attached hydrogen (secondary N) is 1. The lowest BCUT2D eigenvalue weighted by atomic mass is 9.99. The topological polar surface area (TPSA) is 161 Å². The zero-order chi connectivity index (χ0) is 37.5. The molecule has 0 bridgehead atoms. The molecule has 6 rings (SSSR count). The van der Waals surface area contributed by atoms with E-state index < -0.39 is 18.2 Å². The minimum absolute atomic E-state index is 0.0400. The first kappa shape index (κ1) is 39.6. The molecular weight excluding hydrogens is 700 g/mol. The van der Waals surface area contributed by atoms with Gasteiger partial charge in [0, 0.05) is 43.7 Å². The van der Waals surface area contributed by atoms with E-state index in [0.29, 0.717) is 92.1 Å². The monoisotopic (exact) mass is 748 g/mol. The third kappa shape index (κ3) is 11.5. The maximum Gasteiger partial charge on any atom is 0.346 e. The molecule has 3 aliphatic heterocycles. The molecule has 2 N–H and O–H groups in total. The third-order valence-corrected chi connectivity index (χ3v) is 9.28. The second-order valence-corrected chi connectivity index (χ2v) is 13.1. The number of aliphatic hydroxyl groups excluding tert-OH is 1. The molecule has 0 aromatic heterocycles. The van der Waals surface area contributed by atoms with Gasteiger partial charge in [-0.2, -0.15) is 0 Å². The Morgan fingerprint density at radius 3 is 1.83 bits per heavy atom. The number of hydrogen-bond acceptors (Lipinski definition) is 13. The highest BCUT2D eigenvalue weighted by Gasteiger charge is 2.33. The van der Waals surface area contributed by atoms with Crippen LogP contribution >= 0.6 is 0 Å². The predicted molar refractivity (Wildman–Crippen MR) is 193 cm³/mol. The van der Waals surface area contributed by atoms with Crippen molar-refractivity contribution in [2.45, 2.75) is 38.1 Å². The number of cyclic esters (lactones) is 2. The van der Waals surface area contributed by atoms with E-state index in [-0.39, 0.29) is 48.0 Å². The van der Waals surface area contributed by atoms with Gasteiger partial charge in [-0.3, -0.25) is 9.69 Å². The van der Waals surface area contributed by atoms with Crippen molar-refractivity contribution < 1.29 is 57.4 Å². The van der Waals surface area contributed by atoms with E-state index in [0.717, 1.165) is 22.3 Å². The van der Waals surface area contributed by atoms with Gasteiger partial charge in [-0.25, -0.2) is 9.59 Å². The summed E-state index contributed by atoms with van der Waals surface area (Å²) in [4.78, 5) is 38.9. The lowest BCUT2D eigenvalue weighted by molar-refractivity contribution is -0.253. The molecule has 290 valence electrons. The SMILES string of the molecule is O=C(NCc1ccc(C2OC(CN3CCOCCOCCOCCOCCOCC3)CC(c3ccc(CO)cc3)O2)cc1)c1ccc2c(c1)C(=O)OC2=O. The summed E-state index contributed by atoms with van der Waals surface area (Å²) < 4.78 is 46.3. The van der Waals surface area contributed by atoms with Gasteiger partial charge < -0.3 is 48.3 Å². The highest BCUT2D eigenvalue weighted by molar-refractivity contribution is 6.15. The van der Waals surface area contributed by atoms with E-state index in [2.05, 4.69) is 15.0 Å². The van der Waals surface area contributed by atoms with Gasteiger partial charge in [-0.15, -0.1) is 0 Å². The molecule has 3 aliphatic rings. The van der Waals surface area contributed by atoms with Crippen LogP contribution in [0.3, 0.4) is 0 Å². The Morgan fingerprint density at radius 1 is 0.667 bits per heavy atom. The van der Waals surface area contributed by atoms with Crippen molar-refractivity contribution in [2.75, 3.05) is 85.7 Å². The Balaban J connectivity index is 1.09. The average Bonchev–Trinajstić information content (AvgIpc) is 3.49. The minimum Gasteiger partial charge on any atom is -0.392 e. The van der Waals surface area contributed by atoms with Crippen molar-refractivity contribution in [1.82, 2.24) is 10.2 Å². The molecule has 1 amide bonds. The van der Waals surface area contributed by atoms with E-state index in [1.54, 1.807) is 0 Å². The van der Waals surface area contributed by atoms with Crippen molar-refractivity contribution in [2.24, 2.45) is 0 Å². The molecule has 0 spiro atoms. The van der Waals surface area contributed by atoms with Crippen LogP contribution in [0.1, 0.15) is 72.1 Å². The Labute approximate surface area is 314 Å². The number of benzene rings is 3. The third-order valence-electron chi connectivity index (χ3n) is 9.28. The summed E-state index contributed by atoms with van der Waals surface area (Å²) in [7, 11) is 0. The minimum atomic E-state index is -0.759. The standard InChI is InChI=1S/C40H48N2O12/c43-27-29-3-5-30(6-4-29)36-24-33(26-42-11-13-47-15-17-49-19-21-51-22-20-50-18-16-48-14-12-42)52-40(53-36)31-7-1-28(2-8-31)25-41-37(44)32-9-10-34-35(23-32)39(46)54-38(34)45/h1-10,23,33,36,40,43H,11-22,24-27H2,(H,41,44). The second-order valence-electron chi connectivity index (χ2n) is 13.1. The van der Waals surface area contributed by atoms with E-state index in [1.807, 2.05) is 48.5 Å². The number of rotatable bonds is 8. The number of ether oxygens (including phenoxy) is 8. The van der Waals surface area contributed by atoms with E-state index >= 15 is 0 Å². The normalized spacial score (nSPS) is 22.8. The van der Waals surface area contributed by atoms with Crippen molar-refractivity contribution in [1.29, 1.82) is 0 Å². The number of nitrogens with zero attached hydrogens (tertiary/aromatic N) is 1. The van der Waals surface area contributed by atoms with E-state index in [9.17, 15) is 19.5 Å². The maximum absolute atomic E-state index is 12.9. The number of hydrogen-bond donors (Lipinski definition) is 2. The Kier molecular flexibility index (Phi) is 15.1. The number of esters is 2. The molecule has 0 aliphatic carbocycles. The quantitative estimate of drug-likeness (QED) is 0.255.